The number of benzene rings is 1. The van der Waals surface area contributed by atoms with Crippen molar-refractivity contribution in [2.45, 2.75) is 20.0 Å². The second-order valence-electron chi connectivity index (χ2n) is 4.81. The van der Waals surface area contributed by atoms with E-state index < -0.39 is 5.97 Å². The Morgan fingerprint density at radius 1 is 1.33 bits per heavy atom. The molecule has 21 heavy (non-hydrogen) atoms. The van der Waals surface area contributed by atoms with Gasteiger partial charge in [0.1, 0.15) is 12.3 Å². The van der Waals surface area contributed by atoms with Crippen LogP contribution in [0.4, 0.5) is 0 Å². The van der Waals surface area contributed by atoms with Gasteiger partial charge in [-0.25, -0.2) is 0 Å². The zero-order chi connectivity index (χ0) is 15.8. The number of carbonyl (C=O) groups is 2. The van der Waals surface area contributed by atoms with Crippen molar-refractivity contribution in [1.29, 1.82) is 0 Å². The van der Waals surface area contributed by atoms with E-state index in [1.54, 1.807) is 24.3 Å². The minimum atomic E-state index is -1.06. The lowest BCUT2D eigenvalue weighted by Gasteiger charge is -2.20. The van der Waals surface area contributed by atoms with Crippen LogP contribution in [0.15, 0.2) is 24.3 Å². The molecule has 6 nitrogen and oxygen atoms in total. The molecule has 0 radical (unpaired) electrons. The number of nitrogens with zero attached hydrogens (tertiary/aromatic N) is 1. The first-order chi connectivity index (χ1) is 9.93. The van der Waals surface area contributed by atoms with Crippen molar-refractivity contribution >= 4 is 11.9 Å². The summed E-state index contributed by atoms with van der Waals surface area (Å²) in [7, 11) is 1.50. The number of carboxylic acid groups (broad SMARTS) is 1. The van der Waals surface area contributed by atoms with Crippen molar-refractivity contribution in [1.82, 2.24) is 4.90 Å². The molecule has 1 aromatic carbocycles. The predicted octanol–water partition coefficient (Wildman–Crippen LogP) is 1.65. The molecule has 1 rings (SSSR count). The molecule has 0 saturated carbocycles. The van der Waals surface area contributed by atoms with E-state index in [1.807, 2.05) is 13.8 Å². The fourth-order valence-corrected chi connectivity index (χ4v) is 1.77. The Labute approximate surface area is 124 Å². The van der Waals surface area contributed by atoms with Crippen molar-refractivity contribution in [2.75, 3.05) is 26.8 Å². The van der Waals surface area contributed by atoms with Crippen molar-refractivity contribution in [3.63, 3.8) is 0 Å². The Kier molecular flexibility index (Phi) is 6.68. The molecule has 0 aromatic heterocycles. The molecule has 0 spiro atoms. The molecular formula is C15H21NO5. The van der Waals surface area contributed by atoms with Crippen LogP contribution in [-0.4, -0.2) is 54.8 Å². The van der Waals surface area contributed by atoms with Gasteiger partial charge in [0.25, 0.3) is 5.91 Å². The number of carboxylic acids is 1. The standard InChI is InChI=1S/C15H21NO5/c1-11(2)21-13-6-4-5-12(9-13)15(19)16(7-8-20-3)10-14(17)18/h4-6,9,11H,7-8,10H2,1-3H3,(H,17,18). The third kappa shape index (κ3) is 5.83. The molecule has 0 saturated heterocycles. The average Bonchev–Trinajstić information content (AvgIpc) is 2.42. The summed E-state index contributed by atoms with van der Waals surface area (Å²) in [5.41, 5.74) is 0.394. The monoisotopic (exact) mass is 295 g/mol. The topological polar surface area (TPSA) is 76.1 Å². The van der Waals surface area contributed by atoms with Crippen LogP contribution < -0.4 is 4.74 Å². The summed E-state index contributed by atoms with van der Waals surface area (Å²) in [5.74, 6) is -0.837. The Balaban J connectivity index is 2.88. The molecule has 0 aliphatic carbocycles. The summed E-state index contributed by atoms with van der Waals surface area (Å²) in [6.45, 7) is 3.92. The van der Waals surface area contributed by atoms with Gasteiger partial charge < -0.3 is 19.5 Å². The number of hydrogen-bond acceptors (Lipinski definition) is 4. The summed E-state index contributed by atoms with van der Waals surface area (Å²) in [6.07, 6.45) is -0.000957. The first-order valence-corrected chi connectivity index (χ1v) is 6.70. The Morgan fingerprint density at radius 3 is 2.62 bits per heavy atom. The number of carbonyl (C=O) groups excluding carboxylic acids is 1. The zero-order valence-corrected chi connectivity index (χ0v) is 12.5. The summed E-state index contributed by atoms with van der Waals surface area (Å²) < 4.78 is 10.4. The molecule has 1 N–H and O–H groups in total. The minimum Gasteiger partial charge on any atom is -0.491 e. The molecule has 0 aliphatic heterocycles. The van der Waals surface area contributed by atoms with Gasteiger partial charge in [0, 0.05) is 19.2 Å². The maximum absolute atomic E-state index is 12.4. The van der Waals surface area contributed by atoms with Crippen LogP contribution in [0.1, 0.15) is 24.2 Å². The molecule has 6 heteroatoms. The Morgan fingerprint density at radius 2 is 2.05 bits per heavy atom. The first kappa shape index (κ1) is 17.0. The fraction of sp³-hybridized carbons (Fsp3) is 0.467. The molecule has 0 unspecified atom stereocenters. The quantitative estimate of drug-likeness (QED) is 0.789. The predicted molar refractivity (Wildman–Crippen MR) is 77.6 cm³/mol. The summed E-state index contributed by atoms with van der Waals surface area (Å²) in [4.78, 5) is 24.5. The number of amides is 1. The molecule has 0 bridgehead atoms. The lowest BCUT2D eigenvalue weighted by molar-refractivity contribution is -0.137. The number of methoxy groups -OCH3 is 1. The highest BCUT2D eigenvalue weighted by Gasteiger charge is 2.18. The summed E-state index contributed by atoms with van der Waals surface area (Å²) in [5, 5.41) is 8.89. The molecule has 0 fully saturated rings. The van der Waals surface area contributed by atoms with Crippen LogP contribution in [0.3, 0.4) is 0 Å². The van der Waals surface area contributed by atoms with Crippen molar-refractivity contribution in [2.24, 2.45) is 0 Å². The lowest BCUT2D eigenvalue weighted by Crippen LogP contribution is -2.38. The van der Waals surface area contributed by atoms with Gasteiger partial charge in [-0.05, 0) is 32.0 Å². The Bertz CT molecular complexity index is 487. The van der Waals surface area contributed by atoms with Crippen LogP contribution in [0.5, 0.6) is 5.75 Å². The van der Waals surface area contributed by atoms with Crippen LogP contribution in [0, 0.1) is 0 Å². The van der Waals surface area contributed by atoms with E-state index in [2.05, 4.69) is 0 Å². The smallest absolute Gasteiger partial charge is 0.323 e. The van der Waals surface area contributed by atoms with Gasteiger partial charge >= 0.3 is 5.97 Å². The summed E-state index contributed by atoms with van der Waals surface area (Å²) in [6, 6.07) is 6.72. The second kappa shape index (κ2) is 8.26. The van der Waals surface area contributed by atoms with E-state index in [1.165, 1.54) is 12.0 Å². The van der Waals surface area contributed by atoms with E-state index in [0.29, 0.717) is 11.3 Å². The van der Waals surface area contributed by atoms with E-state index in [9.17, 15) is 9.59 Å². The van der Waals surface area contributed by atoms with E-state index in [-0.39, 0.29) is 31.7 Å². The van der Waals surface area contributed by atoms with Crippen molar-refractivity contribution in [3.8, 4) is 5.75 Å². The van der Waals surface area contributed by atoms with Crippen molar-refractivity contribution < 1.29 is 24.2 Å². The summed E-state index contributed by atoms with van der Waals surface area (Å²) >= 11 is 0. The van der Waals surface area contributed by atoms with E-state index >= 15 is 0 Å². The zero-order valence-electron chi connectivity index (χ0n) is 12.5. The molecular weight excluding hydrogens is 274 g/mol. The third-order valence-corrected chi connectivity index (χ3v) is 2.63. The van der Waals surface area contributed by atoms with Gasteiger partial charge in [-0.1, -0.05) is 6.07 Å². The minimum absolute atomic E-state index is 0.000957. The van der Waals surface area contributed by atoms with E-state index in [0.717, 1.165) is 0 Å². The number of rotatable bonds is 8. The van der Waals surface area contributed by atoms with Gasteiger partial charge in [0.15, 0.2) is 0 Å². The lowest BCUT2D eigenvalue weighted by atomic mass is 10.2. The van der Waals surface area contributed by atoms with Gasteiger partial charge in [-0.3, -0.25) is 9.59 Å². The molecule has 0 heterocycles. The van der Waals surface area contributed by atoms with Crippen LogP contribution >= 0.6 is 0 Å². The van der Waals surface area contributed by atoms with Gasteiger partial charge in [-0.15, -0.1) is 0 Å². The van der Waals surface area contributed by atoms with E-state index in [4.69, 9.17) is 14.6 Å². The van der Waals surface area contributed by atoms with Gasteiger partial charge in [-0.2, -0.15) is 0 Å². The van der Waals surface area contributed by atoms with Crippen LogP contribution in [0.2, 0.25) is 0 Å². The molecule has 116 valence electrons. The number of aliphatic carboxylic acids is 1. The highest BCUT2D eigenvalue weighted by Crippen LogP contribution is 2.16. The second-order valence-corrected chi connectivity index (χ2v) is 4.81. The first-order valence-electron chi connectivity index (χ1n) is 6.70. The number of hydrogen-bond donors (Lipinski definition) is 1. The van der Waals surface area contributed by atoms with Crippen molar-refractivity contribution in [3.05, 3.63) is 29.8 Å². The fourth-order valence-electron chi connectivity index (χ4n) is 1.77. The third-order valence-electron chi connectivity index (χ3n) is 2.63. The highest BCUT2D eigenvalue weighted by molar-refractivity contribution is 5.96. The SMILES string of the molecule is COCCN(CC(=O)O)C(=O)c1cccc(OC(C)C)c1. The molecule has 1 amide bonds. The van der Waals surface area contributed by atoms with Crippen LogP contribution in [0.25, 0.3) is 0 Å². The molecule has 1 aromatic rings. The largest absolute Gasteiger partial charge is 0.491 e. The maximum Gasteiger partial charge on any atom is 0.323 e. The molecule has 0 aliphatic rings. The number of ether oxygens (including phenoxy) is 2. The maximum atomic E-state index is 12.4. The normalized spacial score (nSPS) is 10.5. The Hall–Kier alpha value is -2.08. The highest BCUT2D eigenvalue weighted by atomic mass is 16.5. The van der Waals surface area contributed by atoms with Gasteiger partial charge in [0.05, 0.1) is 12.7 Å². The average molecular weight is 295 g/mol. The van der Waals surface area contributed by atoms with Gasteiger partial charge in [0.2, 0.25) is 0 Å². The molecule has 0 atom stereocenters. The van der Waals surface area contributed by atoms with Crippen LogP contribution in [-0.2, 0) is 9.53 Å².